The van der Waals surface area contributed by atoms with Gasteiger partial charge in [0.1, 0.15) is 17.7 Å². The Balaban J connectivity index is 1.57. The third-order valence-corrected chi connectivity index (χ3v) is 5.70. The molecule has 3 aliphatic rings. The van der Waals surface area contributed by atoms with Gasteiger partial charge in [0.15, 0.2) is 0 Å². The number of carbonyl (C=O) groups is 2. The van der Waals surface area contributed by atoms with Gasteiger partial charge in [-0.25, -0.2) is 23.7 Å². The second kappa shape index (κ2) is 5.94. The number of carbonyl (C=O) groups excluding carboxylic acids is 2. The van der Waals surface area contributed by atoms with Gasteiger partial charge in [-0.3, -0.25) is 9.59 Å². The van der Waals surface area contributed by atoms with Crippen molar-refractivity contribution in [1.82, 2.24) is 10.0 Å². The van der Waals surface area contributed by atoms with Gasteiger partial charge < -0.3 is 0 Å². The SMILES string of the molecule is O=C1[C@@H]2[C@@H](C(=O)N1c1ccc(F)cc1)N1CCCN1[C@@H]2c1ccc(F)cc1. The molecule has 3 atom stereocenters. The lowest BCUT2D eigenvalue weighted by Crippen LogP contribution is -2.44. The fourth-order valence-electron chi connectivity index (χ4n) is 4.62. The van der Waals surface area contributed by atoms with E-state index in [1.807, 2.05) is 5.01 Å². The number of hydrazine groups is 1. The van der Waals surface area contributed by atoms with E-state index in [2.05, 4.69) is 5.01 Å². The summed E-state index contributed by atoms with van der Waals surface area (Å²) >= 11 is 0. The fraction of sp³-hybridized carbons (Fsp3) is 0.300. The van der Waals surface area contributed by atoms with Crippen molar-refractivity contribution in [2.75, 3.05) is 18.0 Å². The van der Waals surface area contributed by atoms with Crippen LogP contribution in [0.3, 0.4) is 0 Å². The largest absolute Gasteiger partial charge is 0.274 e. The highest BCUT2D eigenvalue weighted by Crippen LogP contribution is 2.48. The maximum absolute atomic E-state index is 13.4. The van der Waals surface area contributed by atoms with Crippen LogP contribution in [-0.4, -0.2) is 41.0 Å². The summed E-state index contributed by atoms with van der Waals surface area (Å²) < 4.78 is 26.6. The second-order valence-corrected chi connectivity index (χ2v) is 7.14. The number of rotatable bonds is 2. The molecule has 0 saturated carbocycles. The van der Waals surface area contributed by atoms with Crippen molar-refractivity contribution in [1.29, 1.82) is 0 Å². The summed E-state index contributed by atoms with van der Waals surface area (Å²) in [7, 11) is 0. The fourth-order valence-corrected chi connectivity index (χ4v) is 4.62. The normalized spacial score (nSPS) is 28.1. The second-order valence-electron chi connectivity index (χ2n) is 7.14. The summed E-state index contributed by atoms with van der Waals surface area (Å²) in [6.07, 6.45) is 0.902. The number of halogens is 2. The smallest absolute Gasteiger partial charge is 0.253 e. The van der Waals surface area contributed by atoms with Crippen molar-refractivity contribution in [2.24, 2.45) is 5.92 Å². The van der Waals surface area contributed by atoms with Crippen LogP contribution < -0.4 is 4.90 Å². The monoisotopic (exact) mass is 369 g/mol. The number of hydrogen-bond acceptors (Lipinski definition) is 4. The first kappa shape index (κ1) is 16.5. The average molecular weight is 369 g/mol. The van der Waals surface area contributed by atoms with Gasteiger partial charge >= 0.3 is 0 Å². The van der Waals surface area contributed by atoms with Gasteiger partial charge in [0.2, 0.25) is 5.91 Å². The molecule has 0 spiro atoms. The number of fused-ring (bicyclic) bond motifs is 3. The van der Waals surface area contributed by atoms with Crippen LogP contribution in [0.2, 0.25) is 0 Å². The summed E-state index contributed by atoms with van der Waals surface area (Å²) in [6, 6.07) is 10.6. The Bertz CT molecular complexity index is 916. The maximum atomic E-state index is 13.4. The van der Waals surface area contributed by atoms with Crippen LogP contribution in [0.15, 0.2) is 48.5 Å². The molecule has 5 rings (SSSR count). The summed E-state index contributed by atoms with van der Waals surface area (Å²) in [5.41, 5.74) is 1.20. The Morgan fingerprint density at radius 2 is 1.30 bits per heavy atom. The van der Waals surface area contributed by atoms with Crippen LogP contribution in [0.1, 0.15) is 18.0 Å². The van der Waals surface area contributed by atoms with Crippen LogP contribution in [0.25, 0.3) is 0 Å². The quantitative estimate of drug-likeness (QED) is 0.763. The van der Waals surface area contributed by atoms with Crippen molar-refractivity contribution in [3.63, 3.8) is 0 Å². The van der Waals surface area contributed by atoms with Gasteiger partial charge in [-0.1, -0.05) is 12.1 Å². The van der Waals surface area contributed by atoms with E-state index in [4.69, 9.17) is 0 Å². The van der Waals surface area contributed by atoms with Crippen molar-refractivity contribution in [3.8, 4) is 0 Å². The van der Waals surface area contributed by atoms with Crippen LogP contribution in [-0.2, 0) is 9.59 Å². The highest BCUT2D eigenvalue weighted by Gasteiger charge is 2.62. The number of anilines is 1. The number of benzene rings is 2. The minimum Gasteiger partial charge on any atom is -0.274 e. The zero-order chi connectivity index (χ0) is 18.7. The third-order valence-electron chi connectivity index (χ3n) is 5.70. The van der Waals surface area contributed by atoms with Crippen molar-refractivity contribution < 1.29 is 18.4 Å². The molecule has 3 aliphatic heterocycles. The van der Waals surface area contributed by atoms with Crippen LogP contribution in [0.4, 0.5) is 14.5 Å². The summed E-state index contributed by atoms with van der Waals surface area (Å²) in [6.45, 7) is 1.46. The van der Waals surface area contributed by atoms with E-state index < -0.39 is 17.8 Å². The molecule has 2 aromatic carbocycles. The molecule has 5 nitrogen and oxygen atoms in total. The van der Waals surface area contributed by atoms with Crippen molar-refractivity contribution in [2.45, 2.75) is 18.5 Å². The summed E-state index contributed by atoms with van der Waals surface area (Å²) in [4.78, 5) is 27.6. The maximum Gasteiger partial charge on any atom is 0.253 e. The molecule has 2 aromatic rings. The van der Waals surface area contributed by atoms with Gasteiger partial charge in [0.25, 0.3) is 5.91 Å². The molecule has 2 amide bonds. The van der Waals surface area contributed by atoms with Gasteiger partial charge in [0, 0.05) is 13.1 Å². The van der Waals surface area contributed by atoms with E-state index in [1.165, 1.54) is 41.3 Å². The minimum atomic E-state index is -0.569. The Morgan fingerprint density at radius 3 is 1.93 bits per heavy atom. The van der Waals surface area contributed by atoms with E-state index in [1.54, 1.807) is 12.1 Å². The molecule has 0 aliphatic carbocycles. The first-order valence-electron chi connectivity index (χ1n) is 8.98. The number of nitrogens with zero attached hydrogens (tertiary/aromatic N) is 3. The Kier molecular flexibility index (Phi) is 3.63. The molecule has 0 aromatic heterocycles. The van der Waals surface area contributed by atoms with Gasteiger partial charge in [0.05, 0.1) is 17.6 Å². The first-order valence-corrected chi connectivity index (χ1v) is 8.98. The summed E-state index contributed by atoms with van der Waals surface area (Å²) in [5.74, 6) is -1.90. The lowest BCUT2D eigenvalue weighted by atomic mass is 9.90. The van der Waals surface area contributed by atoms with Crippen LogP contribution in [0, 0.1) is 17.6 Å². The zero-order valence-electron chi connectivity index (χ0n) is 14.4. The lowest BCUT2D eigenvalue weighted by Gasteiger charge is -2.29. The molecular formula is C20H17F2N3O2. The topological polar surface area (TPSA) is 43.9 Å². The minimum absolute atomic E-state index is 0.284. The predicted molar refractivity (Wildman–Crippen MR) is 93.3 cm³/mol. The van der Waals surface area contributed by atoms with Gasteiger partial charge in [-0.15, -0.1) is 0 Å². The molecule has 3 saturated heterocycles. The standard InChI is InChI=1S/C20H17F2N3O2/c21-13-4-2-12(3-5-13)17-16-18(24-11-1-10-23(17)24)20(27)25(19(16)26)15-8-6-14(22)7-9-15/h2-9,16-18H,1,10-11H2/t16-,17+,18-/m0/s1. The Morgan fingerprint density at radius 1 is 0.741 bits per heavy atom. The van der Waals surface area contributed by atoms with E-state index in [9.17, 15) is 18.4 Å². The molecule has 3 fully saturated rings. The molecule has 0 N–H and O–H groups in total. The Labute approximate surface area is 154 Å². The molecule has 27 heavy (non-hydrogen) atoms. The highest BCUT2D eigenvalue weighted by molar-refractivity contribution is 6.24. The van der Waals surface area contributed by atoms with Crippen molar-refractivity contribution >= 4 is 17.5 Å². The number of imide groups is 1. The van der Waals surface area contributed by atoms with Crippen molar-refractivity contribution in [3.05, 3.63) is 65.7 Å². The van der Waals surface area contributed by atoms with Crippen LogP contribution >= 0.6 is 0 Å². The molecule has 0 bridgehead atoms. The molecule has 0 unspecified atom stereocenters. The average Bonchev–Trinajstić information content (AvgIpc) is 3.30. The molecule has 3 heterocycles. The zero-order valence-corrected chi connectivity index (χ0v) is 14.4. The molecule has 7 heteroatoms. The first-order chi connectivity index (χ1) is 13.1. The van der Waals surface area contributed by atoms with Crippen LogP contribution in [0.5, 0.6) is 0 Å². The Hall–Kier alpha value is -2.64. The molecule has 138 valence electrons. The number of hydrogen-bond donors (Lipinski definition) is 0. The molecule has 0 radical (unpaired) electrons. The van der Waals surface area contributed by atoms with E-state index >= 15 is 0 Å². The predicted octanol–water partition coefficient (Wildman–Crippen LogP) is 2.50. The van der Waals surface area contributed by atoms with E-state index in [0.717, 1.165) is 18.5 Å². The number of amides is 2. The van der Waals surface area contributed by atoms with Gasteiger partial charge in [-0.2, -0.15) is 0 Å². The highest BCUT2D eigenvalue weighted by atomic mass is 19.1. The van der Waals surface area contributed by atoms with Gasteiger partial charge in [-0.05, 0) is 48.4 Å². The summed E-state index contributed by atoms with van der Waals surface area (Å²) in [5, 5.41) is 4.04. The lowest BCUT2D eigenvalue weighted by molar-refractivity contribution is -0.126. The third kappa shape index (κ3) is 2.35. The van der Waals surface area contributed by atoms with E-state index in [0.29, 0.717) is 12.2 Å². The van der Waals surface area contributed by atoms with E-state index in [-0.39, 0.29) is 23.7 Å². The molecular weight excluding hydrogens is 352 g/mol.